The average molecular weight is 233 g/mol. The van der Waals surface area contributed by atoms with Crippen molar-refractivity contribution in [1.29, 1.82) is 5.26 Å². The Morgan fingerprint density at radius 1 is 1.65 bits per heavy atom. The molecule has 0 spiro atoms. The molecule has 0 unspecified atom stereocenters. The third kappa shape index (κ3) is 3.99. The van der Waals surface area contributed by atoms with Crippen LogP contribution in [-0.4, -0.2) is 22.0 Å². The fraction of sp³-hybridized carbons (Fsp3) is 0.364. The summed E-state index contributed by atoms with van der Waals surface area (Å²) < 4.78 is 1.96. The van der Waals surface area contributed by atoms with E-state index in [-0.39, 0.29) is 5.57 Å². The molecule has 17 heavy (non-hydrogen) atoms. The van der Waals surface area contributed by atoms with Crippen LogP contribution in [0.5, 0.6) is 0 Å². The number of primary amides is 1. The van der Waals surface area contributed by atoms with E-state index >= 15 is 0 Å². The summed E-state index contributed by atoms with van der Waals surface area (Å²) in [6, 6.07) is 1.78. The zero-order valence-electron chi connectivity index (χ0n) is 9.68. The van der Waals surface area contributed by atoms with Crippen molar-refractivity contribution in [2.75, 3.05) is 6.54 Å². The van der Waals surface area contributed by atoms with Crippen LogP contribution in [0.2, 0.25) is 0 Å². The summed E-state index contributed by atoms with van der Waals surface area (Å²) >= 11 is 0. The molecule has 1 heterocycles. The Labute approximate surface area is 99.7 Å². The van der Waals surface area contributed by atoms with Crippen LogP contribution in [0.15, 0.2) is 30.0 Å². The Kier molecular flexibility index (Phi) is 4.76. The number of rotatable bonds is 6. The quantitative estimate of drug-likeness (QED) is 0.415. The minimum absolute atomic E-state index is 0.0207. The van der Waals surface area contributed by atoms with E-state index in [1.54, 1.807) is 25.5 Å². The average Bonchev–Trinajstić information content (AvgIpc) is 2.77. The van der Waals surface area contributed by atoms with E-state index in [0.717, 1.165) is 13.0 Å². The number of nitrogens with one attached hydrogen (secondary N) is 1. The third-order valence-electron chi connectivity index (χ3n) is 2.28. The number of nitriles is 1. The summed E-state index contributed by atoms with van der Waals surface area (Å²) in [7, 11) is 0. The summed E-state index contributed by atoms with van der Waals surface area (Å²) in [5.74, 6) is -0.702. The first-order valence-corrected chi connectivity index (χ1v) is 5.25. The highest BCUT2D eigenvalue weighted by molar-refractivity contribution is 5.96. The van der Waals surface area contributed by atoms with Crippen molar-refractivity contribution in [3.05, 3.63) is 30.0 Å². The molecule has 1 aromatic heterocycles. The van der Waals surface area contributed by atoms with Crippen LogP contribution in [0.4, 0.5) is 0 Å². The van der Waals surface area contributed by atoms with Gasteiger partial charge in [0.25, 0.3) is 5.91 Å². The molecule has 1 aromatic rings. The van der Waals surface area contributed by atoms with Gasteiger partial charge in [0.2, 0.25) is 0 Å². The number of amides is 1. The monoisotopic (exact) mass is 233 g/mol. The summed E-state index contributed by atoms with van der Waals surface area (Å²) in [5.41, 5.74) is 5.56. The predicted octanol–water partition coefficient (Wildman–Crippen LogP) is 0.146. The van der Waals surface area contributed by atoms with Gasteiger partial charge in [-0.2, -0.15) is 5.26 Å². The number of hydrogen-bond acceptors (Lipinski definition) is 4. The maximum atomic E-state index is 10.9. The number of aromatic nitrogens is 2. The lowest BCUT2D eigenvalue weighted by molar-refractivity contribution is -0.114. The second kappa shape index (κ2) is 6.33. The van der Waals surface area contributed by atoms with Crippen molar-refractivity contribution in [3.8, 4) is 6.07 Å². The molecule has 1 amide bonds. The Balaban J connectivity index is 2.36. The fourth-order valence-corrected chi connectivity index (χ4v) is 1.37. The third-order valence-corrected chi connectivity index (χ3v) is 2.28. The molecular weight excluding hydrogens is 218 g/mol. The molecule has 6 heteroatoms. The van der Waals surface area contributed by atoms with E-state index in [0.29, 0.717) is 12.2 Å². The first kappa shape index (κ1) is 12.8. The summed E-state index contributed by atoms with van der Waals surface area (Å²) in [4.78, 5) is 14.8. The van der Waals surface area contributed by atoms with Gasteiger partial charge in [0.1, 0.15) is 11.6 Å². The van der Waals surface area contributed by atoms with Crippen LogP contribution < -0.4 is 11.1 Å². The molecule has 0 aliphatic rings. The van der Waals surface area contributed by atoms with E-state index in [1.807, 2.05) is 10.8 Å². The largest absolute Gasteiger partial charge is 0.387 e. The van der Waals surface area contributed by atoms with Crippen molar-refractivity contribution in [3.63, 3.8) is 0 Å². The molecular formula is C11H15N5O. The molecule has 0 bridgehead atoms. The van der Waals surface area contributed by atoms with Crippen LogP contribution in [-0.2, 0) is 11.3 Å². The van der Waals surface area contributed by atoms with Crippen molar-refractivity contribution in [2.24, 2.45) is 5.73 Å². The van der Waals surface area contributed by atoms with Crippen molar-refractivity contribution in [2.45, 2.75) is 19.9 Å². The zero-order chi connectivity index (χ0) is 12.7. The maximum absolute atomic E-state index is 10.9. The number of nitrogens with two attached hydrogens (primary N) is 1. The number of hydrogen-bond donors (Lipinski definition) is 2. The highest BCUT2D eigenvalue weighted by Gasteiger charge is 2.07. The Morgan fingerprint density at radius 2 is 2.41 bits per heavy atom. The molecule has 0 saturated carbocycles. The SMILES string of the molecule is CC(NCCCn1ccnc1)=C(C#N)C(N)=O. The molecule has 1 rings (SSSR count). The Hall–Kier alpha value is -2.29. The highest BCUT2D eigenvalue weighted by Crippen LogP contribution is 1.99. The van der Waals surface area contributed by atoms with E-state index in [1.165, 1.54) is 0 Å². The molecule has 0 aliphatic carbocycles. The van der Waals surface area contributed by atoms with Gasteiger partial charge < -0.3 is 15.6 Å². The molecule has 0 atom stereocenters. The Morgan fingerprint density at radius 3 is 2.94 bits per heavy atom. The van der Waals surface area contributed by atoms with Crippen LogP contribution in [0.1, 0.15) is 13.3 Å². The second-order valence-electron chi connectivity index (χ2n) is 3.56. The first-order valence-electron chi connectivity index (χ1n) is 5.25. The first-order chi connectivity index (χ1) is 8.15. The maximum Gasteiger partial charge on any atom is 0.261 e. The molecule has 0 fully saturated rings. The minimum Gasteiger partial charge on any atom is -0.387 e. The van der Waals surface area contributed by atoms with E-state index < -0.39 is 5.91 Å². The van der Waals surface area contributed by atoms with Gasteiger partial charge in [-0.05, 0) is 13.3 Å². The number of aryl methyl sites for hydroxylation is 1. The molecule has 6 nitrogen and oxygen atoms in total. The van der Waals surface area contributed by atoms with Gasteiger partial charge >= 0.3 is 0 Å². The van der Waals surface area contributed by atoms with Crippen LogP contribution >= 0.6 is 0 Å². The summed E-state index contributed by atoms with van der Waals surface area (Å²) in [5, 5.41) is 11.7. The molecule has 0 aliphatic heterocycles. The number of carbonyl (C=O) groups is 1. The number of carbonyl (C=O) groups excluding carboxylic acids is 1. The normalized spacial score (nSPS) is 11.5. The standard InChI is InChI=1S/C11H15N5O/c1-9(10(7-12)11(13)17)15-3-2-5-16-6-4-14-8-16/h4,6,8,15H,2-3,5H2,1H3,(H2,13,17). The van der Waals surface area contributed by atoms with Gasteiger partial charge in [-0.15, -0.1) is 0 Å². The molecule has 0 radical (unpaired) electrons. The van der Waals surface area contributed by atoms with Gasteiger partial charge in [-0.25, -0.2) is 4.98 Å². The topological polar surface area (TPSA) is 96.7 Å². The van der Waals surface area contributed by atoms with Crippen LogP contribution in [0, 0.1) is 11.3 Å². The van der Waals surface area contributed by atoms with Crippen LogP contribution in [0.3, 0.4) is 0 Å². The van der Waals surface area contributed by atoms with Gasteiger partial charge in [-0.3, -0.25) is 4.79 Å². The Bertz CT molecular complexity index is 441. The van der Waals surface area contributed by atoms with Gasteiger partial charge in [-0.1, -0.05) is 0 Å². The van der Waals surface area contributed by atoms with Crippen molar-refractivity contribution < 1.29 is 4.79 Å². The minimum atomic E-state index is -0.702. The van der Waals surface area contributed by atoms with E-state index in [9.17, 15) is 4.79 Å². The van der Waals surface area contributed by atoms with Crippen molar-refractivity contribution in [1.82, 2.24) is 14.9 Å². The molecule has 90 valence electrons. The van der Waals surface area contributed by atoms with Gasteiger partial charge in [0.15, 0.2) is 0 Å². The lowest BCUT2D eigenvalue weighted by atomic mass is 10.2. The molecule has 0 saturated heterocycles. The lowest BCUT2D eigenvalue weighted by Gasteiger charge is -2.07. The zero-order valence-corrected chi connectivity index (χ0v) is 9.68. The number of allylic oxidation sites excluding steroid dienone is 1. The molecule has 3 N–H and O–H groups in total. The predicted molar refractivity (Wildman–Crippen MR) is 62.4 cm³/mol. The fourth-order valence-electron chi connectivity index (χ4n) is 1.37. The number of nitrogens with zero attached hydrogens (tertiary/aromatic N) is 3. The van der Waals surface area contributed by atoms with Gasteiger partial charge in [0, 0.05) is 31.2 Å². The van der Waals surface area contributed by atoms with Crippen LogP contribution in [0.25, 0.3) is 0 Å². The lowest BCUT2D eigenvalue weighted by Crippen LogP contribution is -2.22. The smallest absolute Gasteiger partial charge is 0.261 e. The summed E-state index contributed by atoms with van der Waals surface area (Å²) in [6.07, 6.45) is 6.21. The van der Waals surface area contributed by atoms with Gasteiger partial charge in [0.05, 0.1) is 6.33 Å². The molecule has 0 aromatic carbocycles. The summed E-state index contributed by atoms with van der Waals surface area (Å²) in [6.45, 7) is 3.17. The van der Waals surface area contributed by atoms with E-state index in [2.05, 4.69) is 10.3 Å². The van der Waals surface area contributed by atoms with E-state index in [4.69, 9.17) is 11.0 Å². The highest BCUT2D eigenvalue weighted by atomic mass is 16.1. The second-order valence-corrected chi connectivity index (χ2v) is 3.56. The number of imidazole rings is 1. The van der Waals surface area contributed by atoms with Crippen molar-refractivity contribution >= 4 is 5.91 Å².